The number of benzene rings is 1. The van der Waals surface area contributed by atoms with Gasteiger partial charge in [0.2, 0.25) is 6.10 Å². The van der Waals surface area contributed by atoms with Crippen LogP contribution in [-0.2, 0) is 14.4 Å². The SMILES string of the molecule is Cc1cc(C)c(C2=NO[C@H](C(=O)N3CCOC3=O)C2)c(C)c1. The zero-order valence-corrected chi connectivity index (χ0v) is 12.9. The van der Waals surface area contributed by atoms with Crippen LogP contribution in [0, 0.1) is 20.8 Å². The molecule has 0 spiro atoms. The summed E-state index contributed by atoms with van der Waals surface area (Å²) >= 11 is 0. The summed E-state index contributed by atoms with van der Waals surface area (Å²) in [4.78, 5) is 30.1. The maximum absolute atomic E-state index is 12.3. The third kappa shape index (κ3) is 2.45. The second-order valence-corrected chi connectivity index (χ2v) is 5.71. The number of nitrogens with zero attached hydrogens (tertiary/aromatic N) is 2. The quantitative estimate of drug-likeness (QED) is 0.839. The fourth-order valence-corrected chi connectivity index (χ4v) is 3.06. The summed E-state index contributed by atoms with van der Waals surface area (Å²) in [5.74, 6) is -0.385. The Kier molecular flexibility index (Phi) is 3.60. The highest BCUT2D eigenvalue weighted by Gasteiger charge is 2.38. The Hall–Kier alpha value is -2.37. The zero-order valence-electron chi connectivity index (χ0n) is 12.9. The van der Waals surface area contributed by atoms with Gasteiger partial charge in [-0.15, -0.1) is 0 Å². The number of amides is 2. The van der Waals surface area contributed by atoms with Gasteiger partial charge in [0.1, 0.15) is 6.61 Å². The smallest absolute Gasteiger partial charge is 0.416 e. The molecule has 0 aromatic heterocycles. The molecule has 2 amide bonds. The average molecular weight is 302 g/mol. The standard InChI is InChI=1S/C16H18N2O4/c1-9-6-10(2)14(11(3)7-9)12-8-13(22-17-12)15(19)18-4-5-21-16(18)20/h6-7,13H,4-5,8H2,1-3H3/t13-/m0/s1. The van der Waals surface area contributed by atoms with Crippen molar-refractivity contribution in [2.75, 3.05) is 13.2 Å². The minimum absolute atomic E-state index is 0.237. The molecule has 1 saturated heterocycles. The lowest BCUT2D eigenvalue weighted by Gasteiger charge is -2.14. The number of carbonyl (C=O) groups is 2. The summed E-state index contributed by atoms with van der Waals surface area (Å²) in [6.07, 6.45) is -0.988. The number of aryl methyl sites for hydroxylation is 3. The highest BCUT2D eigenvalue weighted by atomic mass is 16.6. The molecule has 0 N–H and O–H groups in total. The molecule has 2 aliphatic rings. The first kappa shape index (κ1) is 14.6. The van der Waals surface area contributed by atoms with E-state index in [2.05, 4.69) is 17.3 Å². The monoisotopic (exact) mass is 302 g/mol. The van der Waals surface area contributed by atoms with Gasteiger partial charge in [0, 0.05) is 12.0 Å². The van der Waals surface area contributed by atoms with Crippen LogP contribution >= 0.6 is 0 Å². The van der Waals surface area contributed by atoms with E-state index in [1.165, 1.54) is 5.56 Å². The van der Waals surface area contributed by atoms with Crippen molar-refractivity contribution in [3.63, 3.8) is 0 Å². The van der Waals surface area contributed by atoms with Gasteiger partial charge in [-0.1, -0.05) is 22.9 Å². The van der Waals surface area contributed by atoms with E-state index in [0.29, 0.717) is 6.42 Å². The molecular weight excluding hydrogens is 284 g/mol. The molecule has 1 fully saturated rings. The van der Waals surface area contributed by atoms with Crippen LogP contribution in [0.15, 0.2) is 17.3 Å². The topological polar surface area (TPSA) is 68.2 Å². The van der Waals surface area contributed by atoms with Crippen LogP contribution in [0.3, 0.4) is 0 Å². The van der Waals surface area contributed by atoms with E-state index >= 15 is 0 Å². The van der Waals surface area contributed by atoms with Crippen LogP contribution in [0.2, 0.25) is 0 Å². The third-order valence-corrected chi connectivity index (χ3v) is 3.94. The first-order chi connectivity index (χ1) is 10.5. The Labute approximate surface area is 128 Å². The zero-order chi connectivity index (χ0) is 15.9. The third-order valence-electron chi connectivity index (χ3n) is 3.94. The van der Waals surface area contributed by atoms with Crippen LogP contribution in [0.25, 0.3) is 0 Å². The summed E-state index contributed by atoms with van der Waals surface area (Å²) < 4.78 is 4.78. The molecule has 6 heteroatoms. The van der Waals surface area contributed by atoms with Gasteiger partial charge in [-0.25, -0.2) is 9.69 Å². The van der Waals surface area contributed by atoms with Gasteiger partial charge < -0.3 is 9.57 Å². The van der Waals surface area contributed by atoms with Crippen molar-refractivity contribution in [1.29, 1.82) is 0 Å². The highest BCUT2D eigenvalue weighted by molar-refractivity contribution is 6.07. The first-order valence-corrected chi connectivity index (χ1v) is 7.26. The van der Waals surface area contributed by atoms with E-state index in [4.69, 9.17) is 9.57 Å². The van der Waals surface area contributed by atoms with Crippen LogP contribution in [0.4, 0.5) is 4.79 Å². The maximum Gasteiger partial charge on any atom is 0.416 e. The lowest BCUT2D eigenvalue weighted by atomic mass is 9.93. The van der Waals surface area contributed by atoms with Crippen molar-refractivity contribution in [3.05, 3.63) is 34.4 Å². The Morgan fingerprint density at radius 3 is 2.55 bits per heavy atom. The number of hydrogen-bond acceptors (Lipinski definition) is 5. The Morgan fingerprint density at radius 2 is 1.95 bits per heavy atom. The van der Waals surface area contributed by atoms with Gasteiger partial charge in [-0.2, -0.15) is 0 Å². The molecular formula is C16H18N2O4. The minimum atomic E-state index is -0.749. The summed E-state index contributed by atoms with van der Waals surface area (Å²) in [5.41, 5.74) is 5.17. The van der Waals surface area contributed by atoms with E-state index in [1.54, 1.807) is 0 Å². The van der Waals surface area contributed by atoms with Crippen LogP contribution < -0.4 is 0 Å². The van der Waals surface area contributed by atoms with Crippen LogP contribution in [0.5, 0.6) is 0 Å². The molecule has 2 aliphatic heterocycles. The van der Waals surface area contributed by atoms with Crippen LogP contribution in [-0.4, -0.2) is 41.9 Å². The van der Waals surface area contributed by atoms with E-state index in [0.717, 1.165) is 27.3 Å². The Bertz CT molecular complexity index is 658. The molecule has 22 heavy (non-hydrogen) atoms. The normalized spacial score (nSPS) is 20.7. The molecule has 2 heterocycles. The highest BCUT2D eigenvalue weighted by Crippen LogP contribution is 2.25. The predicted octanol–water partition coefficient (Wildman–Crippen LogP) is 2.08. The molecule has 3 rings (SSSR count). The van der Waals surface area contributed by atoms with Crippen molar-refractivity contribution in [1.82, 2.24) is 4.90 Å². The number of ether oxygens (including phenoxy) is 1. The first-order valence-electron chi connectivity index (χ1n) is 7.26. The van der Waals surface area contributed by atoms with E-state index in [-0.39, 0.29) is 19.1 Å². The van der Waals surface area contributed by atoms with Gasteiger partial charge in [-0.05, 0) is 31.9 Å². The van der Waals surface area contributed by atoms with Gasteiger partial charge in [0.25, 0.3) is 5.91 Å². The Balaban J connectivity index is 1.78. The van der Waals surface area contributed by atoms with Gasteiger partial charge in [0.15, 0.2) is 0 Å². The van der Waals surface area contributed by atoms with Gasteiger partial charge in [0.05, 0.1) is 12.3 Å². The van der Waals surface area contributed by atoms with Crippen molar-refractivity contribution >= 4 is 17.7 Å². The number of imide groups is 1. The number of rotatable bonds is 2. The second kappa shape index (κ2) is 5.44. The average Bonchev–Trinajstić information content (AvgIpc) is 3.06. The number of cyclic esters (lactones) is 1. The Morgan fingerprint density at radius 1 is 1.27 bits per heavy atom. The van der Waals surface area contributed by atoms with E-state index in [1.807, 2.05) is 20.8 Å². The molecule has 0 bridgehead atoms. The van der Waals surface area contributed by atoms with Crippen molar-refractivity contribution in [3.8, 4) is 0 Å². The number of carbonyl (C=O) groups excluding carboxylic acids is 2. The largest absolute Gasteiger partial charge is 0.447 e. The van der Waals surface area contributed by atoms with Crippen molar-refractivity contribution in [2.45, 2.75) is 33.3 Å². The molecule has 0 unspecified atom stereocenters. The predicted molar refractivity (Wildman–Crippen MR) is 79.7 cm³/mol. The van der Waals surface area contributed by atoms with Gasteiger partial charge >= 0.3 is 6.09 Å². The summed E-state index contributed by atoms with van der Waals surface area (Å²) in [5, 5.41) is 4.07. The lowest BCUT2D eigenvalue weighted by molar-refractivity contribution is -0.138. The summed E-state index contributed by atoms with van der Waals surface area (Å²) in [6.45, 7) is 6.59. The minimum Gasteiger partial charge on any atom is -0.447 e. The van der Waals surface area contributed by atoms with Gasteiger partial charge in [-0.3, -0.25) is 4.79 Å². The van der Waals surface area contributed by atoms with E-state index in [9.17, 15) is 9.59 Å². The van der Waals surface area contributed by atoms with E-state index < -0.39 is 12.2 Å². The lowest BCUT2D eigenvalue weighted by Crippen LogP contribution is -2.39. The summed E-state index contributed by atoms with van der Waals surface area (Å²) in [7, 11) is 0. The number of hydrogen-bond donors (Lipinski definition) is 0. The second-order valence-electron chi connectivity index (χ2n) is 5.71. The van der Waals surface area contributed by atoms with Crippen LogP contribution in [0.1, 0.15) is 28.7 Å². The molecule has 1 atom stereocenters. The fraction of sp³-hybridized carbons (Fsp3) is 0.438. The molecule has 0 radical (unpaired) electrons. The molecule has 6 nitrogen and oxygen atoms in total. The van der Waals surface area contributed by atoms with Crippen molar-refractivity contribution < 1.29 is 19.2 Å². The van der Waals surface area contributed by atoms with Crippen molar-refractivity contribution in [2.24, 2.45) is 5.16 Å². The molecule has 116 valence electrons. The maximum atomic E-state index is 12.3. The molecule has 1 aromatic rings. The molecule has 0 saturated carbocycles. The molecule has 0 aliphatic carbocycles. The summed E-state index contributed by atoms with van der Waals surface area (Å²) in [6, 6.07) is 4.16. The number of oxime groups is 1. The fourth-order valence-electron chi connectivity index (χ4n) is 3.06. The molecule has 1 aromatic carbocycles.